The Hall–Kier alpha value is -3.14. The van der Waals surface area contributed by atoms with Crippen LogP contribution in [0, 0.1) is 20.8 Å². The number of carbonyl (C=O) groups excluding carboxylic acids is 2. The van der Waals surface area contributed by atoms with Crippen LogP contribution < -0.4 is 10.2 Å². The molecule has 4 heteroatoms. The zero-order chi connectivity index (χ0) is 19.8. The quantitative estimate of drug-likeness (QED) is 0.674. The van der Waals surface area contributed by atoms with Crippen molar-refractivity contribution in [3.8, 4) is 0 Å². The van der Waals surface area contributed by atoms with Crippen molar-refractivity contribution in [2.75, 3.05) is 16.8 Å². The van der Waals surface area contributed by atoms with Crippen molar-refractivity contribution in [1.29, 1.82) is 0 Å². The third-order valence-corrected chi connectivity index (χ3v) is 5.38. The summed E-state index contributed by atoms with van der Waals surface area (Å²) in [6.45, 7) is 6.61. The first-order valence-corrected chi connectivity index (χ1v) is 9.67. The molecule has 1 heterocycles. The van der Waals surface area contributed by atoms with E-state index in [1.165, 1.54) is 5.56 Å². The lowest BCUT2D eigenvalue weighted by molar-refractivity contribution is -0.116. The van der Waals surface area contributed by atoms with Gasteiger partial charge in [0.25, 0.3) is 5.91 Å². The highest BCUT2D eigenvalue weighted by Gasteiger charge is 2.29. The number of hydrogen-bond donors (Lipinski definition) is 1. The zero-order valence-electron chi connectivity index (χ0n) is 16.5. The number of carbonyl (C=O) groups is 2. The third kappa shape index (κ3) is 3.15. The first-order valence-electron chi connectivity index (χ1n) is 9.67. The molecule has 0 radical (unpaired) electrons. The molecule has 0 fully saturated rings. The fraction of sp³-hybridized carbons (Fsp3) is 0.250. The highest BCUT2D eigenvalue weighted by Crippen LogP contribution is 2.37. The van der Waals surface area contributed by atoms with Gasteiger partial charge in [0, 0.05) is 29.6 Å². The second-order valence-electron chi connectivity index (χ2n) is 7.56. The molecule has 4 nitrogen and oxygen atoms in total. The maximum absolute atomic E-state index is 12.8. The van der Waals surface area contributed by atoms with Gasteiger partial charge in [-0.3, -0.25) is 9.59 Å². The third-order valence-electron chi connectivity index (χ3n) is 5.38. The molecule has 0 saturated carbocycles. The molecular weight excluding hydrogens is 348 g/mol. The predicted octanol–water partition coefficient (Wildman–Crippen LogP) is 5.14. The van der Waals surface area contributed by atoms with Gasteiger partial charge in [-0.05, 0) is 55.8 Å². The van der Waals surface area contributed by atoms with Gasteiger partial charge in [-0.2, -0.15) is 0 Å². The van der Waals surface area contributed by atoms with Crippen LogP contribution in [0.4, 0.5) is 11.4 Å². The van der Waals surface area contributed by atoms with E-state index >= 15 is 0 Å². The van der Waals surface area contributed by atoms with Crippen molar-refractivity contribution >= 4 is 34.0 Å². The molecule has 3 aromatic rings. The summed E-state index contributed by atoms with van der Waals surface area (Å²) in [6, 6.07) is 16.0. The molecule has 0 spiro atoms. The molecule has 0 aliphatic carbocycles. The normalized spacial score (nSPS) is 12.7. The van der Waals surface area contributed by atoms with Crippen molar-refractivity contribution < 1.29 is 9.59 Å². The van der Waals surface area contributed by atoms with Crippen LogP contribution in [0.15, 0.2) is 48.5 Å². The predicted molar refractivity (Wildman–Crippen MR) is 114 cm³/mol. The van der Waals surface area contributed by atoms with Gasteiger partial charge in [0.2, 0.25) is 5.91 Å². The zero-order valence-corrected chi connectivity index (χ0v) is 16.5. The number of rotatable bonds is 5. The summed E-state index contributed by atoms with van der Waals surface area (Å²) in [6.07, 6.45) is 0.995. The van der Waals surface area contributed by atoms with Crippen molar-refractivity contribution in [2.24, 2.45) is 0 Å². The molecule has 1 aliphatic rings. The molecule has 0 unspecified atom stereocenters. The minimum atomic E-state index is -0.0163. The Labute approximate surface area is 165 Å². The van der Waals surface area contributed by atoms with Gasteiger partial charge in [-0.25, -0.2) is 0 Å². The molecule has 0 bridgehead atoms. The minimum Gasteiger partial charge on any atom is -0.326 e. The van der Waals surface area contributed by atoms with Gasteiger partial charge in [0.1, 0.15) is 0 Å². The topological polar surface area (TPSA) is 49.4 Å². The highest BCUT2D eigenvalue weighted by atomic mass is 16.2. The number of aryl methyl sites for hydroxylation is 3. The van der Waals surface area contributed by atoms with Crippen LogP contribution in [-0.2, 0) is 4.79 Å². The smallest absolute Gasteiger partial charge is 0.258 e. The van der Waals surface area contributed by atoms with E-state index in [0.29, 0.717) is 19.4 Å². The fourth-order valence-corrected chi connectivity index (χ4v) is 4.18. The Kier molecular flexibility index (Phi) is 4.63. The molecule has 142 valence electrons. The molecule has 0 aromatic heterocycles. The Bertz CT molecular complexity index is 1070. The average molecular weight is 372 g/mol. The van der Waals surface area contributed by atoms with Crippen LogP contribution in [0.5, 0.6) is 0 Å². The van der Waals surface area contributed by atoms with E-state index in [9.17, 15) is 9.59 Å². The Morgan fingerprint density at radius 3 is 2.39 bits per heavy atom. The molecule has 4 rings (SSSR count). The van der Waals surface area contributed by atoms with Gasteiger partial charge < -0.3 is 10.2 Å². The monoisotopic (exact) mass is 372 g/mol. The molecule has 1 aliphatic heterocycles. The average Bonchev–Trinajstić information content (AvgIpc) is 2.93. The molecule has 1 N–H and O–H groups in total. The lowest BCUT2D eigenvalue weighted by Gasteiger charge is -2.18. The number of anilines is 2. The summed E-state index contributed by atoms with van der Waals surface area (Å²) < 4.78 is 0. The molecule has 0 atom stereocenters. The van der Waals surface area contributed by atoms with Gasteiger partial charge in [0.05, 0.1) is 5.69 Å². The van der Waals surface area contributed by atoms with E-state index in [1.54, 1.807) is 4.90 Å². The van der Waals surface area contributed by atoms with Crippen LogP contribution in [0.2, 0.25) is 0 Å². The first-order chi connectivity index (χ1) is 13.5. The Morgan fingerprint density at radius 1 is 1.00 bits per heavy atom. The second-order valence-corrected chi connectivity index (χ2v) is 7.56. The van der Waals surface area contributed by atoms with Crippen LogP contribution in [0.25, 0.3) is 10.8 Å². The molecule has 2 amide bonds. The molecule has 0 saturated heterocycles. The van der Waals surface area contributed by atoms with Crippen molar-refractivity contribution in [3.05, 3.63) is 70.8 Å². The van der Waals surface area contributed by atoms with Crippen LogP contribution >= 0.6 is 0 Å². The van der Waals surface area contributed by atoms with Crippen molar-refractivity contribution in [2.45, 2.75) is 33.6 Å². The van der Waals surface area contributed by atoms with E-state index in [4.69, 9.17) is 0 Å². The lowest BCUT2D eigenvalue weighted by Crippen LogP contribution is -2.28. The minimum absolute atomic E-state index is 0.0163. The largest absolute Gasteiger partial charge is 0.326 e. The van der Waals surface area contributed by atoms with Crippen molar-refractivity contribution in [3.63, 3.8) is 0 Å². The van der Waals surface area contributed by atoms with E-state index in [2.05, 4.69) is 24.4 Å². The van der Waals surface area contributed by atoms with Gasteiger partial charge in [-0.1, -0.05) is 42.0 Å². The standard InChI is InChI=1S/C24H24N2O2/c1-15-13-16(2)23(17(3)14-15)25-21(27)11-6-12-26-20-10-5-8-18-7-4-9-19(22(18)20)24(26)28/h4-5,7-10,13-14H,6,11-12H2,1-3H3,(H,25,27). The number of benzene rings is 3. The Balaban J connectivity index is 1.42. The maximum atomic E-state index is 12.8. The Morgan fingerprint density at radius 2 is 1.68 bits per heavy atom. The van der Waals surface area contributed by atoms with Crippen LogP contribution in [0.3, 0.4) is 0 Å². The maximum Gasteiger partial charge on any atom is 0.258 e. The lowest BCUT2D eigenvalue weighted by atomic mass is 10.0. The summed E-state index contributed by atoms with van der Waals surface area (Å²) in [5.41, 5.74) is 5.93. The summed E-state index contributed by atoms with van der Waals surface area (Å²) in [5.74, 6) is 0.00912. The molecule has 3 aromatic carbocycles. The van der Waals surface area contributed by atoms with E-state index in [0.717, 1.165) is 38.8 Å². The number of hydrogen-bond acceptors (Lipinski definition) is 2. The van der Waals surface area contributed by atoms with Gasteiger partial charge >= 0.3 is 0 Å². The molecule has 28 heavy (non-hydrogen) atoms. The number of amides is 2. The van der Waals surface area contributed by atoms with E-state index in [1.807, 2.05) is 50.2 Å². The molecular formula is C24H24N2O2. The van der Waals surface area contributed by atoms with Gasteiger partial charge in [0.15, 0.2) is 0 Å². The highest BCUT2D eigenvalue weighted by molar-refractivity contribution is 6.25. The van der Waals surface area contributed by atoms with E-state index in [-0.39, 0.29) is 11.8 Å². The number of nitrogens with one attached hydrogen (secondary N) is 1. The summed E-state index contributed by atoms with van der Waals surface area (Å²) >= 11 is 0. The fourth-order valence-electron chi connectivity index (χ4n) is 4.18. The van der Waals surface area contributed by atoms with Crippen molar-refractivity contribution in [1.82, 2.24) is 0 Å². The van der Waals surface area contributed by atoms with Crippen LogP contribution in [-0.4, -0.2) is 18.4 Å². The van der Waals surface area contributed by atoms with Gasteiger partial charge in [-0.15, -0.1) is 0 Å². The van der Waals surface area contributed by atoms with E-state index < -0.39 is 0 Å². The number of nitrogens with zero attached hydrogens (tertiary/aromatic N) is 1. The SMILES string of the molecule is Cc1cc(C)c(NC(=O)CCCN2C(=O)c3cccc4cccc2c34)c(C)c1. The summed E-state index contributed by atoms with van der Waals surface area (Å²) in [4.78, 5) is 27.0. The summed E-state index contributed by atoms with van der Waals surface area (Å²) in [5, 5.41) is 5.13. The first kappa shape index (κ1) is 18.2. The van der Waals surface area contributed by atoms with Crippen LogP contribution in [0.1, 0.15) is 39.9 Å². The second kappa shape index (κ2) is 7.12. The summed E-state index contributed by atoms with van der Waals surface area (Å²) in [7, 11) is 0.